The monoisotopic (exact) mass is 677 g/mol. The van der Waals surface area contributed by atoms with Crippen molar-refractivity contribution in [1.82, 2.24) is 0 Å². The Morgan fingerprint density at radius 2 is 1.19 bits per heavy atom. The van der Waals surface area contributed by atoms with Gasteiger partial charge in [0.1, 0.15) is 0 Å². The van der Waals surface area contributed by atoms with Crippen LogP contribution in [0.4, 0.5) is 17.1 Å². The van der Waals surface area contributed by atoms with Crippen LogP contribution in [0.3, 0.4) is 0 Å². The fourth-order valence-corrected chi connectivity index (χ4v) is 11.0. The molecule has 1 heteroatoms. The van der Waals surface area contributed by atoms with Gasteiger partial charge in [-0.2, -0.15) is 0 Å². The molecule has 0 spiro atoms. The van der Waals surface area contributed by atoms with Crippen molar-refractivity contribution < 1.29 is 0 Å². The minimum absolute atomic E-state index is 0.149. The highest BCUT2D eigenvalue weighted by Crippen LogP contribution is 2.54. The van der Waals surface area contributed by atoms with E-state index in [-0.39, 0.29) is 5.41 Å². The highest BCUT2D eigenvalue weighted by molar-refractivity contribution is 5.93. The van der Waals surface area contributed by atoms with Crippen LogP contribution in [0.2, 0.25) is 0 Å². The van der Waals surface area contributed by atoms with E-state index in [1.165, 1.54) is 131 Å². The summed E-state index contributed by atoms with van der Waals surface area (Å²) in [7, 11) is 0. The summed E-state index contributed by atoms with van der Waals surface area (Å²) in [6.07, 6.45) is 13.9. The fourth-order valence-electron chi connectivity index (χ4n) is 11.0. The normalized spacial score (nSPS) is 21.9. The van der Waals surface area contributed by atoms with Gasteiger partial charge in [-0.3, -0.25) is 0 Å². The first kappa shape index (κ1) is 32.1. The molecule has 0 radical (unpaired) electrons. The lowest BCUT2D eigenvalue weighted by Gasteiger charge is -2.42. The van der Waals surface area contributed by atoms with Crippen molar-refractivity contribution >= 4 is 27.8 Å². The van der Waals surface area contributed by atoms with Crippen molar-refractivity contribution in [1.29, 1.82) is 0 Å². The van der Waals surface area contributed by atoms with E-state index in [1.54, 1.807) is 5.56 Å². The van der Waals surface area contributed by atoms with Gasteiger partial charge in [-0.25, -0.2) is 0 Å². The molecule has 260 valence electrons. The second-order valence-corrected chi connectivity index (χ2v) is 17.1. The van der Waals surface area contributed by atoms with E-state index in [2.05, 4.69) is 146 Å². The van der Waals surface area contributed by atoms with Crippen molar-refractivity contribution in [2.75, 3.05) is 4.90 Å². The van der Waals surface area contributed by atoms with Crippen LogP contribution in [-0.2, 0) is 5.41 Å². The third-order valence-electron chi connectivity index (χ3n) is 13.8. The zero-order valence-electron chi connectivity index (χ0n) is 31.0. The Bertz CT molecular complexity index is 2240. The summed E-state index contributed by atoms with van der Waals surface area (Å²) in [5, 5.41) is 2.58. The average molecular weight is 678 g/mol. The van der Waals surface area contributed by atoms with Crippen LogP contribution in [0.15, 0.2) is 127 Å². The third kappa shape index (κ3) is 5.42. The van der Waals surface area contributed by atoms with Gasteiger partial charge in [0.05, 0.1) is 0 Å². The molecule has 0 amide bonds. The van der Waals surface area contributed by atoms with Gasteiger partial charge in [-0.05, 0) is 154 Å². The van der Waals surface area contributed by atoms with Gasteiger partial charge >= 0.3 is 0 Å². The Kier molecular flexibility index (Phi) is 7.89. The maximum atomic E-state index is 2.52. The lowest BCUT2D eigenvalue weighted by molar-refractivity contribution is 0.145. The molecule has 1 nitrogen and oxygen atoms in total. The molecule has 4 fully saturated rings. The van der Waals surface area contributed by atoms with Gasteiger partial charge in [-0.15, -0.1) is 0 Å². The smallest absolute Gasteiger partial charge is 0.0465 e. The Morgan fingerprint density at radius 3 is 1.90 bits per heavy atom. The molecule has 0 N–H and O–H groups in total. The first-order valence-corrected chi connectivity index (χ1v) is 20.3. The molecule has 1 atom stereocenters. The molecule has 0 heterocycles. The van der Waals surface area contributed by atoms with E-state index in [1.807, 2.05) is 0 Å². The maximum Gasteiger partial charge on any atom is 0.0465 e. The molecule has 0 aliphatic heterocycles. The van der Waals surface area contributed by atoms with Crippen LogP contribution < -0.4 is 4.90 Å². The van der Waals surface area contributed by atoms with Crippen LogP contribution >= 0.6 is 0 Å². The molecule has 11 rings (SSSR count). The molecule has 5 aliphatic rings. The highest BCUT2D eigenvalue weighted by Gasteiger charge is 2.39. The van der Waals surface area contributed by atoms with Gasteiger partial charge in [-0.1, -0.05) is 131 Å². The van der Waals surface area contributed by atoms with Gasteiger partial charge in [0.2, 0.25) is 0 Å². The molecular weight excluding hydrogens is 627 g/mol. The standard InChI is InChI=1S/C51H51N/c1-51(2)49-33-44(29-30-46(49)47-14-8-13-45(50(47)51)41-20-19-36-11-6-7-12-40(36)32-41)52(42-25-21-37(22-26-42)35-9-4-3-5-10-35)43-27-23-39(24-28-43)48-31-34-15-17-38(48)18-16-34/h6-8,11-14,19-30,32-35,38,48H,3-5,9-10,15-18,31H2,1-2H3. The maximum absolute atomic E-state index is 2.52. The van der Waals surface area contributed by atoms with Gasteiger partial charge < -0.3 is 4.90 Å². The minimum atomic E-state index is -0.149. The summed E-state index contributed by atoms with van der Waals surface area (Å²) in [4.78, 5) is 2.52. The predicted molar refractivity (Wildman–Crippen MR) is 220 cm³/mol. The van der Waals surface area contributed by atoms with E-state index in [0.717, 1.165) is 17.8 Å². The van der Waals surface area contributed by atoms with E-state index >= 15 is 0 Å². The summed E-state index contributed by atoms with van der Waals surface area (Å²) in [6.45, 7) is 4.87. The summed E-state index contributed by atoms with van der Waals surface area (Å²) < 4.78 is 0. The number of nitrogens with zero attached hydrogens (tertiary/aromatic N) is 1. The fraction of sp³-hybridized carbons (Fsp3) is 0.333. The zero-order valence-corrected chi connectivity index (χ0v) is 31.0. The molecule has 4 saturated carbocycles. The Balaban J connectivity index is 1.05. The molecule has 0 saturated heterocycles. The van der Waals surface area contributed by atoms with Gasteiger partial charge in [0.25, 0.3) is 0 Å². The Labute approximate surface area is 310 Å². The molecule has 2 bridgehead atoms. The molecule has 5 aliphatic carbocycles. The molecule has 52 heavy (non-hydrogen) atoms. The van der Waals surface area contributed by atoms with Crippen LogP contribution in [0.5, 0.6) is 0 Å². The Morgan fingerprint density at radius 1 is 0.519 bits per heavy atom. The molecule has 1 unspecified atom stereocenters. The van der Waals surface area contributed by atoms with Crippen LogP contribution in [-0.4, -0.2) is 0 Å². The van der Waals surface area contributed by atoms with E-state index in [9.17, 15) is 0 Å². The molecular formula is C51H51N. The van der Waals surface area contributed by atoms with E-state index in [4.69, 9.17) is 0 Å². The number of fused-ring (bicyclic) bond motifs is 7. The SMILES string of the molecule is CC1(C)c2cc(N(c3ccc(C4CCCCC4)cc3)c3ccc(C4CC5CCC4CC5)cc3)ccc2-c2cccc(-c3ccc4ccccc4c3)c21. The van der Waals surface area contributed by atoms with Crippen molar-refractivity contribution in [3.63, 3.8) is 0 Å². The first-order chi connectivity index (χ1) is 25.5. The highest BCUT2D eigenvalue weighted by atomic mass is 15.1. The lowest BCUT2D eigenvalue weighted by atomic mass is 9.63. The average Bonchev–Trinajstić information content (AvgIpc) is 3.44. The van der Waals surface area contributed by atoms with Crippen molar-refractivity contribution in [2.24, 2.45) is 11.8 Å². The lowest BCUT2D eigenvalue weighted by Crippen LogP contribution is -2.29. The second-order valence-electron chi connectivity index (χ2n) is 17.1. The van der Waals surface area contributed by atoms with Gasteiger partial charge in [0, 0.05) is 22.5 Å². The topological polar surface area (TPSA) is 3.24 Å². The summed E-state index contributed by atoms with van der Waals surface area (Å²) in [6, 6.07) is 49.3. The predicted octanol–water partition coefficient (Wildman–Crippen LogP) is 14.6. The van der Waals surface area contributed by atoms with Crippen LogP contribution in [0, 0.1) is 11.8 Å². The quantitative estimate of drug-likeness (QED) is 0.170. The summed E-state index contributed by atoms with van der Waals surface area (Å²) in [5.41, 5.74) is 14.9. The first-order valence-electron chi connectivity index (χ1n) is 20.3. The van der Waals surface area contributed by atoms with Crippen molar-refractivity contribution in [3.05, 3.63) is 150 Å². The number of rotatable bonds is 6. The number of hydrogen-bond donors (Lipinski definition) is 0. The zero-order chi connectivity index (χ0) is 34.8. The van der Waals surface area contributed by atoms with Gasteiger partial charge in [0.15, 0.2) is 0 Å². The largest absolute Gasteiger partial charge is 0.310 e. The number of hydrogen-bond acceptors (Lipinski definition) is 1. The molecule has 0 aromatic heterocycles. The molecule has 6 aromatic rings. The molecule has 6 aromatic carbocycles. The van der Waals surface area contributed by atoms with E-state index < -0.39 is 0 Å². The number of anilines is 3. The third-order valence-corrected chi connectivity index (χ3v) is 13.8. The van der Waals surface area contributed by atoms with Crippen molar-refractivity contribution in [2.45, 2.75) is 95.3 Å². The number of benzene rings is 6. The second kappa shape index (κ2) is 12.8. The summed E-state index contributed by atoms with van der Waals surface area (Å²) in [5.74, 6) is 3.26. The minimum Gasteiger partial charge on any atom is -0.310 e. The van der Waals surface area contributed by atoms with Crippen LogP contribution in [0.1, 0.15) is 112 Å². The van der Waals surface area contributed by atoms with E-state index in [0.29, 0.717) is 5.92 Å². The van der Waals surface area contributed by atoms with Crippen molar-refractivity contribution in [3.8, 4) is 22.3 Å². The summed E-state index contributed by atoms with van der Waals surface area (Å²) >= 11 is 0. The Hall–Kier alpha value is -4.62. The van der Waals surface area contributed by atoms with Crippen LogP contribution in [0.25, 0.3) is 33.0 Å².